The van der Waals surface area contributed by atoms with Gasteiger partial charge in [-0.05, 0) is 61.1 Å². The van der Waals surface area contributed by atoms with Gasteiger partial charge in [0.25, 0.3) is 0 Å². The summed E-state index contributed by atoms with van der Waals surface area (Å²) in [4.78, 5) is 28.1. The zero-order chi connectivity index (χ0) is 28.6. The molecule has 0 saturated carbocycles. The zero-order valence-corrected chi connectivity index (χ0v) is 25.5. The summed E-state index contributed by atoms with van der Waals surface area (Å²) < 4.78 is 26.4. The number of carbonyl (C=O) groups is 2. The van der Waals surface area contributed by atoms with Gasteiger partial charge in [-0.15, -0.1) is 0 Å². The molecular weight excluding hydrogens is 569 g/mol. The first-order chi connectivity index (χ1) is 17.7. The van der Waals surface area contributed by atoms with Crippen molar-refractivity contribution >= 4 is 62.3 Å². The Hall–Kier alpha value is -2.00. The Morgan fingerprint density at radius 3 is 2.29 bits per heavy atom. The number of anilines is 1. The highest BCUT2D eigenvalue weighted by molar-refractivity contribution is 7.92. The summed E-state index contributed by atoms with van der Waals surface area (Å²) in [5.74, 6) is -0.242. The highest BCUT2D eigenvalue weighted by Gasteiger charge is 2.29. The first-order valence-corrected chi connectivity index (χ1v) is 15.5. The minimum absolute atomic E-state index is 0.0426. The van der Waals surface area contributed by atoms with E-state index < -0.39 is 16.1 Å². The second kappa shape index (κ2) is 14.4. The minimum atomic E-state index is -3.62. The van der Waals surface area contributed by atoms with Crippen LogP contribution in [0.25, 0.3) is 0 Å². The van der Waals surface area contributed by atoms with Crippen LogP contribution >= 0.6 is 34.8 Å². The normalized spacial score (nSPS) is 12.3. The fraction of sp³-hybridized carbons (Fsp3) is 0.481. The lowest BCUT2D eigenvalue weighted by atomic mass is 10.1. The van der Waals surface area contributed by atoms with Crippen LogP contribution in [-0.4, -0.2) is 50.5 Å². The Bertz CT molecular complexity index is 1240. The molecule has 0 saturated heterocycles. The molecule has 0 aliphatic carbocycles. The molecular formula is C27H36Cl3N3O4S. The fourth-order valence-electron chi connectivity index (χ4n) is 4.01. The first-order valence-electron chi connectivity index (χ1n) is 12.5. The van der Waals surface area contributed by atoms with Crippen molar-refractivity contribution in [3.05, 3.63) is 62.6 Å². The van der Waals surface area contributed by atoms with Crippen molar-refractivity contribution in [1.29, 1.82) is 0 Å². The van der Waals surface area contributed by atoms with E-state index in [1.165, 1.54) is 9.21 Å². The van der Waals surface area contributed by atoms with Crippen molar-refractivity contribution in [3.63, 3.8) is 0 Å². The molecule has 2 rings (SSSR count). The lowest BCUT2D eigenvalue weighted by molar-refractivity contribution is -0.141. The largest absolute Gasteiger partial charge is 0.354 e. The molecule has 38 heavy (non-hydrogen) atoms. The van der Waals surface area contributed by atoms with Crippen molar-refractivity contribution in [2.24, 2.45) is 5.92 Å². The van der Waals surface area contributed by atoms with Crippen LogP contribution < -0.4 is 9.62 Å². The van der Waals surface area contributed by atoms with Crippen molar-refractivity contribution in [3.8, 4) is 0 Å². The maximum absolute atomic E-state index is 13.5. The smallest absolute Gasteiger partial charge is 0.242 e. The van der Waals surface area contributed by atoms with Gasteiger partial charge in [0.15, 0.2) is 0 Å². The summed E-state index contributed by atoms with van der Waals surface area (Å²) in [6.07, 6.45) is 1.83. The molecule has 0 fully saturated rings. The van der Waals surface area contributed by atoms with Gasteiger partial charge in [0.1, 0.15) is 6.04 Å². The second-order valence-electron chi connectivity index (χ2n) is 9.70. The zero-order valence-electron chi connectivity index (χ0n) is 22.4. The maximum Gasteiger partial charge on any atom is 0.242 e. The van der Waals surface area contributed by atoms with Crippen LogP contribution in [0.4, 0.5) is 5.69 Å². The maximum atomic E-state index is 13.5. The van der Waals surface area contributed by atoms with Gasteiger partial charge in [0.2, 0.25) is 21.8 Å². The number of hydrogen-bond acceptors (Lipinski definition) is 4. The number of benzene rings is 2. The molecule has 0 spiro atoms. The van der Waals surface area contributed by atoms with Crippen LogP contribution in [0.3, 0.4) is 0 Å². The molecule has 0 bridgehead atoms. The van der Waals surface area contributed by atoms with Crippen LogP contribution in [0, 0.1) is 12.8 Å². The molecule has 210 valence electrons. The molecule has 1 unspecified atom stereocenters. The third kappa shape index (κ3) is 9.33. The summed E-state index contributed by atoms with van der Waals surface area (Å²) in [6, 6.07) is 9.44. The number of carbonyl (C=O) groups excluding carboxylic acids is 2. The van der Waals surface area contributed by atoms with Gasteiger partial charge in [-0.3, -0.25) is 13.9 Å². The molecule has 0 heterocycles. The second-order valence-corrected chi connectivity index (χ2v) is 12.9. The summed E-state index contributed by atoms with van der Waals surface area (Å²) in [6.45, 7) is 8.38. The molecule has 2 aromatic rings. The first kappa shape index (κ1) is 32.2. The molecule has 0 radical (unpaired) electrons. The number of halogens is 3. The van der Waals surface area contributed by atoms with E-state index in [2.05, 4.69) is 5.32 Å². The Morgan fingerprint density at radius 1 is 1.03 bits per heavy atom. The third-order valence-corrected chi connectivity index (χ3v) is 8.15. The Kier molecular flexibility index (Phi) is 12.2. The predicted molar refractivity (Wildman–Crippen MR) is 157 cm³/mol. The van der Waals surface area contributed by atoms with Crippen LogP contribution in [0.1, 0.15) is 51.2 Å². The number of amides is 2. The number of nitrogens with zero attached hydrogens (tertiary/aromatic N) is 2. The predicted octanol–water partition coefficient (Wildman–Crippen LogP) is 6.08. The Balaban J connectivity index is 2.27. The highest BCUT2D eigenvalue weighted by Crippen LogP contribution is 2.27. The average Bonchev–Trinajstić information content (AvgIpc) is 2.83. The molecule has 7 nitrogen and oxygen atoms in total. The van der Waals surface area contributed by atoms with E-state index in [-0.39, 0.29) is 43.7 Å². The van der Waals surface area contributed by atoms with Crippen molar-refractivity contribution < 1.29 is 18.0 Å². The van der Waals surface area contributed by atoms with Gasteiger partial charge >= 0.3 is 0 Å². The quantitative estimate of drug-likeness (QED) is 0.300. The van der Waals surface area contributed by atoms with Gasteiger partial charge in [-0.1, -0.05) is 67.7 Å². The molecule has 2 amide bonds. The summed E-state index contributed by atoms with van der Waals surface area (Å²) >= 11 is 18.4. The number of hydrogen-bond donors (Lipinski definition) is 1. The van der Waals surface area contributed by atoms with Crippen LogP contribution in [0.2, 0.25) is 15.1 Å². The molecule has 1 N–H and O–H groups in total. The molecule has 2 aromatic carbocycles. The molecule has 11 heteroatoms. The van der Waals surface area contributed by atoms with Crippen molar-refractivity contribution in [2.45, 2.75) is 59.5 Å². The van der Waals surface area contributed by atoms with Crippen LogP contribution in [0.15, 0.2) is 36.4 Å². The minimum Gasteiger partial charge on any atom is -0.354 e. The third-order valence-electron chi connectivity index (χ3n) is 6.00. The van der Waals surface area contributed by atoms with Crippen molar-refractivity contribution in [1.82, 2.24) is 10.2 Å². The van der Waals surface area contributed by atoms with E-state index >= 15 is 0 Å². The number of rotatable bonds is 13. The van der Waals surface area contributed by atoms with E-state index in [4.69, 9.17) is 34.8 Å². The molecule has 0 aromatic heterocycles. The van der Waals surface area contributed by atoms with Gasteiger partial charge in [-0.25, -0.2) is 8.42 Å². The van der Waals surface area contributed by atoms with Crippen LogP contribution in [0.5, 0.6) is 0 Å². The topological polar surface area (TPSA) is 86.8 Å². The van der Waals surface area contributed by atoms with Gasteiger partial charge in [0.05, 0.1) is 22.0 Å². The number of nitrogens with one attached hydrogen (secondary N) is 1. The lowest BCUT2D eigenvalue weighted by Crippen LogP contribution is -2.49. The average molecular weight is 605 g/mol. The summed E-state index contributed by atoms with van der Waals surface area (Å²) in [5.41, 5.74) is 1.95. The van der Waals surface area contributed by atoms with E-state index in [0.717, 1.165) is 17.4 Å². The standard InChI is InChI=1S/C27H36Cl3N3O4S/c1-6-24(27(35)31-16-18(2)3)32(17-20-10-12-22(29)23(30)14-20)26(34)8-7-13-33(38(5,36)37)25-15-21(28)11-9-19(25)4/h9-12,14-15,18,24H,6-8,13,16-17H2,1-5H3,(H,31,35). The van der Waals surface area contributed by atoms with Gasteiger partial charge in [-0.2, -0.15) is 0 Å². The van der Waals surface area contributed by atoms with Crippen LogP contribution in [-0.2, 0) is 26.2 Å². The summed E-state index contributed by atoms with van der Waals surface area (Å²) in [5, 5.41) is 4.09. The fourth-order valence-corrected chi connectivity index (χ4v) is 5.51. The molecule has 0 aliphatic rings. The van der Waals surface area contributed by atoms with E-state index in [1.807, 2.05) is 20.8 Å². The molecule has 1 atom stereocenters. The van der Waals surface area contributed by atoms with Crippen molar-refractivity contribution in [2.75, 3.05) is 23.7 Å². The molecule has 0 aliphatic heterocycles. The monoisotopic (exact) mass is 603 g/mol. The Morgan fingerprint density at radius 2 is 1.71 bits per heavy atom. The lowest BCUT2D eigenvalue weighted by Gasteiger charge is -2.31. The summed E-state index contributed by atoms with van der Waals surface area (Å²) in [7, 11) is -3.62. The van der Waals surface area contributed by atoms with Gasteiger partial charge < -0.3 is 10.2 Å². The highest BCUT2D eigenvalue weighted by atomic mass is 35.5. The van der Waals surface area contributed by atoms with E-state index in [1.54, 1.807) is 43.3 Å². The van der Waals surface area contributed by atoms with E-state index in [0.29, 0.717) is 33.7 Å². The number of sulfonamides is 1. The SMILES string of the molecule is CCC(C(=O)NCC(C)C)N(Cc1ccc(Cl)c(Cl)c1)C(=O)CCCN(c1cc(Cl)ccc1C)S(C)(=O)=O. The Labute approximate surface area is 241 Å². The van der Waals surface area contributed by atoms with Gasteiger partial charge in [0, 0.05) is 31.1 Å². The number of aryl methyl sites for hydroxylation is 1. The van der Waals surface area contributed by atoms with E-state index in [9.17, 15) is 18.0 Å².